The van der Waals surface area contributed by atoms with Gasteiger partial charge in [0.15, 0.2) is 12.8 Å². The number of nitrogens with zero attached hydrogens (tertiary/aromatic N) is 1. The Balaban J connectivity index is 1.94. The summed E-state index contributed by atoms with van der Waals surface area (Å²) < 4.78 is 18.4. The second-order valence-electron chi connectivity index (χ2n) is 4.16. The van der Waals surface area contributed by atoms with Gasteiger partial charge in [-0.1, -0.05) is 11.6 Å². The standard InChI is InChI=1S/C14H10ClFN2O4/c15-9-4-5-10(16)11(7-9)17-13(19)8-22-14(20)12-3-1-2-6-18(12)21/h1-7H,8H2,(H,17,19). The molecular weight excluding hydrogens is 315 g/mol. The van der Waals surface area contributed by atoms with E-state index < -0.39 is 24.3 Å². The van der Waals surface area contributed by atoms with E-state index in [0.29, 0.717) is 4.73 Å². The van der Waals surface area contributed by atoms with E-state index in [4.69, 9.17) is 11.6 Å². The first-order valence-corrected chi connectivity index (χ1v) is 6.45. The van der Waals surface area contributed by atoms with Gasteiger partial charge >= 0.3 is 11.7 Å². The first kappa shape index (κ1) is 15.7. The van der Waals surface area contributed by atoms with Crippen LogP contribution in [0.15, 0.2) is 42.6 Å². The summed E-state index contributed by atoms with van der Waals surface area (Å²) >= 11 is 5.68. The highest BCUT2D eigenvalue weighted by Gasteiger charge is 2.18. The van der Waals surface area contributed by atoms with Crippen LogP contribution in [0.4, 0.5) is 10.1 Å². The van der Waals surface area contributed by atoms with Gasteiger partial charge in [-0.2, -0.15) is 4.73 Å². The smallest absolute Gasteiger partial charge is 0.405 e. The van der Waals surface area contributed by atoms with Crippen LogP contribution >= 0.6 is 11.6 Å². The van der Waals surface area contributed by atoms with Crippen molar-refractivity contribution in [2.45, 2.75) is 0 Å². The van der Waals surface area contributed by atoms with Gasteiger partial charge in [0.1, 0.15) is 5.82 Å². The van der Waals surface area contributed by atoms with Crippen molar-refractivity contribution < 1.29 is 23.4 Å². The zero-order valence-corrected chi connectivity index (χ0v) is 11.8. The topological polar surface area (TPSA) is 82.3 Å². The molecule has 22 heavy (non-hydrogen) atoms. The maximum absolute atomic E-state index is 13.4. The number of anilines is 1. The van der Waals surface area contributed by atoms with E-state index in [0.717, 1.165) is 12.3 Å². The fraction of sp³-hybridized carbons (Fsp3) is 0.0714. The van der Waals surface area contributed by atoms with E-state index in [9.17, 15) is 19.2 Å². The Hall–Kier alpha value is -2.67. The van der Waals surface area contributed by atoms with E-state index in [1.54, 1.807) is 0 Å². The Morgan fingerprint density at radius 1 is 1.32 bits per heavy atom. The van der Waals surface area contributed by atoms with E-state index >= 15 is 0 Å². The summed E-state index contributed by atoms with van der Waals surface area (Å²) in [6, 6.07) is 7.82. The number of rotatable bonds is 4. The lowest BCUT2D eigenvalue weighted by atomic mass is 10.3. The number of ether oxygens (including phenoxy) is 1. The Labute approximate surface area is 129 Å². The van der Waals surface area contributed by atoms with Gasteiger partial charge in [-0.05, 0) is 24.3 Å². The predicted octanol–water partition coefficient (Wildman–Crippen LogP) is 1.91. The molecule has 1 N–H and O–H groups in total. The molecule has 6 nitrogen and oxygen atoms in total. The number of pyridine rings is 1. The summed E-state index contributed by atoms with van der Waals surface area (Å²) in [5, 5.41) is 13.8. The fourth-order valence-electron chi connectivity index (χ4n) is 1.57. The van der Waals surface area contributed by atoms with Crippen LogP contribution < -0.4 is 10.0 Å². The number of hydrogen-bond acceptors (Lipinski definition) is 4. The number of nitrogens with one attached hydrogen (secondary N) is 1. The molecule has 2 aromatic rings. The van der Waals surface area contributed by atoms with Crippen LogP contribution in [0.25, 0.3) is 0 Å². The van der Waals surface area contributed by atoms with Gasteiger partial charge in [0.05, 0.1) is 5.69 Å². The molecule has 114 valence electrons. The van der Waals surface area contributed by atoms with Gasteiger partial charge in [-0.25, -0.2) is 9.18 Å². The van der Waals surface area contributed by atoms with Gasteiger partial charge in [0.2, 0.25) is 0 Å². The third-order valence-electron chi connectivity index (χ3n) is 2.57. The number of carbonyl (C=O) groups is 2. The third-order valence-corrected chi connectivity index (χ3v) is 2.81. The zero-order valence-electron chi connectivity index (χ0n) is 11.1. The molecule has 0 bridgehead atoms. The average Bonchev–Trinajstić information content (AvgIpc) is 2.49. The Morgan fingerprint density at radius 3 is 2.82 bits per heavy atom. The van der Waals surface area contributed by atoms with Crippen molar-refractivity contribution in [2.75, 3.05) is 11.9 Å². The molecular formula is C14H10ClFN2O4. The Bertz CT molecular complexity index is 724. The molecule has 0 aliphatic carbocycles. The van der Waals surface area contributed by atoms with E-state index in [1.165, 1.54) is 30.3 Å². The molecule has 1 aromatic carbocycles. The predicted molar refractivity (Wildman–Crippen MR) is 75.7 cm³/mol. The van der Waals surface area contributed by atoms with Crippen molar-refractivity contribution in [3.05, 3.63) is 64.3 Å². The fourth-order valence-corrected chi connectivity index (χ4v) is 1.74. The third kappa shape index (κ3) is 3.92. The van der Waals surface area contributed by atoms with E-state index in [2.05, 4.69) is 10.1 Å². The highest BCUT2D eigenvalue weighted by molar-refractivity contribution is 6.30. The number of hydrogen-bond donors (Lipinski definition) is 1. The van der Waals surface area contributed by atoms with Crippen LogP contribution in [0.1, 0.15) is 10.5 Å². The van der Waals surface area contributed by atoms with Crippen molar-refractivity contribution in [1.82, 2.24) is 0 Å². The van der Waals surface area contributed by atoms with Gasteiger partial charge in [-0.15, -0.1) is 0 Å². The first-order valence-electron chi connectivity index (χ1n) is 6.07. The molecule has 1 amide bonds. The monoisotopic (exact) mass is 324 g/mol. The lowest BCUT2D eigenvalue weighted by Gasteiger charge is -2.07. The molecule has 8 heteroatoms. The van der Waals surface area contributed by atoms with Gasteiger partial charge in [0, 0.05) is 17.2 Å². The molecule has 0 saturated heterocycles. The van der Waals surface area contributed by atoms with Crippen LogP contribution in [0.2, 0.25) is 5.02 Å². The minimum absolute atomic E-state index is 0.132. The second-order valence-corrected chi connectivity index (χ2v) is 4.60. The molecule has 0 aliphatic heterocycles. The number of carbonyl (C=O) groups excluding carboxylic acids is 2. The van der Waals surface area contributed by atoms with Crippen molar-refractivity contribution in [3.8, 4) is 0 Å². The summed E-state index contributed by atoms with van der Waals surface area (Å²) in [5.41, 5.74) is -0.392. The van der Waals surface area contributed by atoms with Crippen molar-refractivity contribution in [1.29, 1.82) is 0 Å². The second kappa shape index (κ2) is 6.86. The lowest BCUT2D eigenvalue weighted by molar-refractivity contribution is -0.608. The molecule has 0 atom stereocenters. The normalized spacial score (nSPS) is 10.1. The molecule has 0 fully saturated rings. The molecule has 0 radical (unpaired) electrons. The summed E-state index contributed by atoms with van der Waals surface area (Å²) in [6.07, 6.45) is 1.12. The molecule has 2 rings (SSSR count). The molecule has 1 heterocycles. The van der Waals surface area contributed by atoms with E-state index in [-0.39, 0.29) is 16.4 Å². The van der Waals surface area contributed by atoms with Crippen molar-refractivity contribution in [2.24, 2.45) is 0 Å². The first-order chi connectivity index (χ1) is 10.5. The van der Waals surface area contributed by atoms with E-state index in [1.807, 2.05) is 0 Å². The summed E-state index contributed by atoms with van der Waals surface area (Å²) in [5.74, 6) is -2.40. The SMILES string of the molecule is O=C(COC(=O)c1cccc[n+]1[O-])Nc1cc(Cl)ccc1F. The highest BCUT2D eigenvalue weighted by atomic mass is 35.5. The van der Waals surface area contributed by atoms with Gasteiger partial charge < -0.3 is 15.3 Å². The minimum atomic E-state index is -0.961. The summed E-state index contributed by atoms with van der Waals surface area (Å²) in [7, 11) is 0. The van der Waals surface area contributed by atoms with Crippen LogP contribution in [0.3, 0.4) is 0 Å². The van der Waals surface area contributed by atoms with Crippen LogP contribution in [-0.2, 0) is 9.53 Å². The number of aromatic nitrogens is 1. The summed E-state index contributed by atoms with van der Waals surface area (Å²) in [4.78, 5) is 23.2. The average molecular weight is 325 g/mol. The molecule has 0 spiro atoms. The highest BCUT2D eigenvalue weighted by Crippen LogP contribution is 2.19. The number of benzene rings is 1. The maximum atomic E-state index is 13.4. The van der Waals surface area contributed by atoms with Crippen molar-refractivity contribution in [3.63, 3.8) is 0 Å². The largest absolute Gasteiger partial charge is 0.618 e. The summed E-state index contributed by atoms with van der Waals surface area (Å²) in [6.45, 7) is -0.667. The maximum Gasteiger partial charge on any atom is 0.405 e. The van der Waals surface area contributed by atoms with Crippen LogP contribution in [0, 0.1) is 11.0 Å². The zero-order chi connectivity index (χ0) is 16.1. The molecule has 0 aliphatic rings. The number of esters is 1. The van der Waals surface area contributed by atoms with Gasteiger partial charge in [0.25, 0.3) is 5.91 Å². The van der Waals surface area contributed by atoms with Crippen LogP contribution in [0.5, 0.6) is 0 Å². The molecule has 0 unspecified atom stereocenters. The quantitative estimate of drug-likeness (QED) is 0.529. The minimum Gasteiger partial charge on any atom is -0.618 e. The number of amides is 1. The van der Waals surface area contributed by atoms with Crippen molar-refractivity contribution >= 4 is 29.2 Å². The van der Waals surface area contributed by atoms with Crippen LogP contribution in [-0.4, -0.2) is 18.5 Å². The Morgan fingerprint density at radius 2 is 2.09 bits per heavy atom. The molecule has 1 aromatic heterocycles. The van der Waals surface area contributed by atoms with Gasteiger partial charge in [-0.3, -0.25) is 4.79 Å². The lowest BCUT2D eigenvalue weighted by Crippen LogP contribution is -2.35. The number of halogens is 2. The Kier molecular flexibility index (Phi) is 4.90. The molecule has 0 saturated carbocycles.